The minimum Gasteiger partial charge on any atom is -0.268 e. The van der Waals surface area contributed by atoms with Crippen LogP contribution in [0.15, 0.2) is 25.9 Å². The minimum atomic E-state index is 0.323. The van der Waals surface area contributed by atoms with Crippen molar-refractivity contribution in [3.05, 3.63) is 20.9 Å². The maximum atomic E-state index is 5.48. The molecule has 0 N–H and O–H groups in total. The molecule has 11 heavy (non-hydrogen) atoms. The van der Waals surface area contributed by atoms with E-state index in [-0.39, 0.29) is 0 Å². The zero-order chi connectivity index (χ0) is 8.27. The van der Waals surface area contributed by atoms with Crippen LogP contribution in [0.3, 0.4) is 0 Å². The second-order valence-corrected chi connectivity index (χ2v) is 4.57. The number of alkyl halides is 1. The molecule has 0 spiro atoms. The Hall–Kier alpha value is 0.270. The second kappa shape index (κ2) is 4.33. The molecular formula is C7H7BrClNS. The molecule has 1 aliphatic heterocycles. The fourth-order valence-corrected chi connectivity index (χ4v) is 2.36. The van der Waals surface area contributed by atoms with Crippen LogP contribution in [0.2, 0.25) is 0 Å². The molecule has 0 saturated heterocycles. The van der Waals surface area contributed by atoms with Gasteiger partial charge in [-0.3, -0.25) is 4.99 Å². The van der Waals surface area contributed by atoms with Crippen molar-refractivity contribution >= 4 is 45.0 Å². The van der Waals surface area contributed by atoms with Crippen LogP contribution in [-0.4, -0.2) is 11.7 Å². The van der Waals surface area contributed by atoms with E-state index in [9.17, 15) is 0 Å². The highest BCUT2D eigenvalue weighted by atomic mass is 79.9. The topological polar surface area (TPSA) is 12.4 Å². The smallest absolute Gasteiger partial charge is 0.114 e. The van der Waals surface area contributed by atoms with Gasteiger partial charge in [-0.25, -0.2) is 0 Å². The Bertz CT molecular complexity index is 245. The molecule has 1 rings (SSSR count). The van der Waals surface area contributed by atoms with Crippen molar-refractivity contribution in [2.24, 2.45) is 4.99 Å². The molecule has 0 aromatic rings. The molecule has 0 radical (unpaired) electrons. The number of hydrogen-bond donors (Lipinski definition) is 0. The Morgan fingerprint density at radius 1 is 1.82 bits per heavy atom. The average molecular weight is 253 g/mol. The van der Waals surface area contributed by atoms with Crippen molar-refractivity contribution in [1.82, 2.24) is 0 Å². The van der Waals surface area contributed by atoms with E-state index in [2.05, 4.69) is 20.9 Å². The van der Waals surface area contributed by atoms with E-state index in [1.807, 2.05) is 19.1 Å². The summed E-state index contributed by atoms with van der Waals surface area (Å²) in [6.45, 7) is 1.99. The van der Waals surface area contributed by atoms with Crippen molar-refractivity contribution in [3.63, 3.8) is 0 Å². The van der Waals surface area contributed by atoms with Crippen LogP contribution < -0.4 is 0 Å². The largest absolute Gasteiger partial charge is 0.268 e. The fourth-order valence-electron chi connectivity index (χ4n) is 0.760. The fraction of sp³-hybridized carbons (Fsp3) is 0.286. The predicted molar refractivity (Wildman–Crippen MR) is 56.5 cm³/mol. The van der Waals surface area contributed by atoms with Crippen LogP contribution in [-0.2, 0) is 0 Å². The number of nitrogens with zero attached hydrogens (tertiary/aromatic N) is 1. The molecule has 1 aliphatic rings. The summed E-state index contributed by atoms with van der Waals surface area (Å²) < 4.78 is 1.09. The molecular weight excluding hydrogens is 246 g/mol. The van der Waals surface area contributed by atoms with Gasteiger partial charge in [-0.05, 0) is 28.9 Å². The van der Waals surface area contributed by atoms with Gasteiger partial charge in [0.25, 0.3) is 0 Å². The van der Waals surface area contributed by atoms with Crippen LogP contribution in [0.4, 0.5) is 0 Å². The Labute approximate surface area is 83.7 Å². The lowest BCUT2D eigenvalue weighted by atomic mass is 10.3. The summed E-state index contributed by atoms with van der Waals surface area (Å²) in [4.78, 5) is 5.28. The van der Waals surface area contributed by atoms with Gasteiger partial charge in [0.15, 0.2) is 0 Å². The summed E-state index contributed by atoms with van der Waals surface area (Å²) in [6.07, 6.45) is 4.00. The molecule has 0 aliphatic carbocycles. The Morgan fingerprint density at radius 2 is 2.55 bits per heavy atom. The van der Waals surface area contributed by atoms with Crippen molar-refractivity contribution in [2.45, 2.75) is 6.92 Å². The monoisotopic (exact) mass is 251 g/mol. The number of thioether (sulfide) groups is 1. The normalized spacial score (nSPS) is 24.8. The first-order valence-corrected chi connectivity index (χ1v) is 5.24. The average Bonchev–Trinajstić information content (AvgIpc) is 2.32. The van der Waals surface area contributed by atoms with Crippen molar-refractivity contribution in [1.29, 1.82) is 0 Å². The second-order valence-electron chi connectivity index (χ2n) is 1.87. The predicted octanol–water partition coefficient (Wildman–Crippen LogP) is 3.51. The number of aliphatic imine (C=N–C) groups is 1. The lowest BCUT2D eigenvalue weighted by Crippen LogP contribution is -1.90. The van der Waals surface area contributed by atoms with Crippen molar-refractivity contribution in [2.75, 3.05) is 6.00 Å². The van der Waals surface area contributed by atoms with Gasteiger partial charge in [0, 0.05) is 4.91 Å². The van der Waals surface area contributed by atoms with E-state index < -0.39 is 0 Å². The maximum Gasteiger partial charge on any atom is 0.114 e. The Morgan fingerprint density at radius 3 is 3.09 bits per heavy atom. The number of hydrogen-bond acceptors (Lipinski definition) is 2. The van der Waals surface area contributed by atoms with Crippen LogP contribution in [0.1, 0.15) is 6.92 Å². The van der Waals surface area contributed by atoms with Crippen LogP contribution >= 0.6 is 39.3 Å². The highest BCUT2D eigenvalue weighted by molar-refractivity contribution is 9.14. The van der Waals surface area contributed by atoms with Gasteiger partial charge in [0.2, 0.25) is 0 Å². The summed E-state index contributed by atoms with van der Waals surface area (Å²) in [5.41, 5.74) is 0.972. The zero-order valence-electron chi connectivity index (χ0n) is 5.97. The molecule has 0 bridgehead atoms. The molecule has 0 aromatic carbocycles. The molecule has 0 atom stereocenters. The van der Waals surface area contributed by atoms with Gasteiger partial charge in [-0.15, -0.1) is 11.6 Å². The minimum absolute atomic E-state index is 0.323. The third-order valence-corrected chi connectivity index (χ3v) is 3.01. The number of allylic oxidation sites excluding steroid dienone is 3. The molecule has 60 valence electrons. The van der Waals surface area contributed by atoms with Crippen LogP contribution in [0.5, 0.6) is 0 Å². The molecule has 0 aromatic heterocycles. The molecule has 4 heteroatoms. The molecule has 1 heterocycles. The van der Waals surface area contributed by atoms with Gasteiger partial charge in [0.05, 0.1) is 9.53 Å². The third-order valence-electron chi connectivity index (χ3n) is 1.20. The highest BCUT2D eigenvalue weighted by Crippen LogP contribution is 2.37. The Balaban J connectivity index is 2.86. The summed E-state index contributed by atoms with van der Waals surface area (Å²) in [7, 11) is 0. The van der Waals surface area contributed by atoms with Crippen molar-refractivity contribution in [3.8, 4) is 0 Å². The standard InChI is InChI=1S/C7H7BrClNS/c1-2-6-5(10-4-9)3-7(8)11-6/h2-3H,4H2,1H3/b6-2+,10-5-. The Kier molecular flexibility index (Phi) is 3.69. The number of rotatable bonds is 1. The quantitative estimate of drug-likeness (QED) is 0.514. The van der Waals surface area contributed by atoms with Gasteiger partial charge < -0.3 is 0 Å². The first-order valence-electron chi connectivity index (χ1n) is 3.10. The first-order chi connectivity index (χ1) is 5.27. The summed E-state index contributed by atoms with van der Waals surface area (Å²) in [5, 5.41) is 0. The summed E-state index contributed by atoms with van der Waals surface area (Å²) in [6, 6.07) is 0.323. The maximum absolute atomic E-state index is 5.48. The SMILES string of the molecule is C/C=C1/SC(Br)=C/C1=N/CCl. The summed E-state index contributed by atoms with van der Waals surface area (Å²) in [5.74, 6) is 0. The first kappa shape index (κ1) is 9.36. The third kappa shape index (κ3) is 2.36. The molecule has 0 amide bonds. The van der Waals surface area contributed by atoms with E-state index in [4.69, 9.17) is 11.6 Å². The molecule has 1 nitrogen and oxygen atoms in total. The van der Waals surface area contributed by atoms with E-state index in [0.717, 1.165) is 14.4 Å². The zero-order valence-corrected chi connectivity index (χ0v) is 9.13. The van der Waals surface area contributed by atoms with Crippen molar-refractivity contribution < 1.29 is 0 Å². The van der Waals surface area contributed by atoms with Gasteiger partial charge in [-0.1, -0.05) is 17.8 Å². The lowest BCUT2D eigenvalue weighted by Gasteiger charge is -1.94. The summed E-state index contributed by atoms with van der Waals surface area (Å²) >= 11 is 10.5. The van der Waals surface area contributed by atoms with Crippen LogP contribution in [0, 0.1) is 0 Å². The van der Waals surface area contributed by atoms with Gasteiger partial charge in [-0.2, -0.15) is 0 Å². The van der Waals surface area contributed by atoms with E-state index >= 15 is 0 Å². The number of halogens is 2. The van der Waals surface area contributed by atoms with Gasteiger partial charge >= 0.3 is 0 Å². The molecule has 0 unspecified atom stereocenters. The molecule has 0 saturated carbocycles. The highest BCUT2D eigenvalue weighted by Gasteiger charge is 2.13. The van der Waals surface area contributed by atoms with Gasteiger partial charge in [0.1, 0.15) is 6.00 Å². The lowest BCUT2D eigenvalue weighted by molar-refractivity contribution is 1.37. The van der Waals surface area contributed by atoms with E-state index in [1.165, 1.54) is 0 Å². The van der Waals surface area contributed by atoms with Crippen LogP contribution in [0.25, 0.3) is 0 Å². The van der Waals surface area contributed by atoms with E-state index in [1.54, 1.807) is 11.8 Å². The van der Waals surface area contributed by atoms with E-state index in [0.29, 0.717) is 6.00 Å². The molecule has 0 fully saturated rings.